The van der Waals surface area contributed by atoms with Crippen LogP contribution in [0.3, 0.4) is 0 Å². The van der Waals surface area contributed by atoms with E-state index in [0.29, 0.717) is 11.3 Å². The summed E-state index contributed by atoms with van der Waals surface area (Å²) in [5.74, 6) is -0.271. The number of aromatic amines is 1. The maximum Gasteiger partial charge on any atom is 0.253 e. The Labute approximate surface area is 117 Å². The molecular weight excluding hydrogens is 278 g/mol. The summed E-state index contributed by atoms with van der Waals surface area (Å²) in [5.41, 5.74) is 7.53. The van der Waals surface area contributed by atoms with Crippen LogP contribution in [0.5, 0.6) is 0 Å². The van der Waals surface area contributed by atoms with Crippen molar-refractivity contribution in [2.24, 2.45) is 0 Å². The first-order valence-electron chi connectivity index (χ1n) is 6.28. The number of nitrogens with two attached hydrogens (primary N) is 1. The molecule has 20 heavy (non-hydrogen) atoms. The highest BCUT2D eigenvalue weighted by Crippen LogP contribution is 2.20. The second-order valence-electron chi connectivity index (χ2n) is 4.50. The molecule has 0 aliphatic heterocycles. The number of carbonyl (C=O) groups excluding carboxylic acids is 1. The van der Waals surface area contributed by atoms with E-state index in [1.807, 2.05) is 0 Å². The van der Waals surface area contributed by atoms with Crippen molar-refractivity contribution in [3.8, 4) is 0 Å². The highest BCUT2D eigenvalue weighted by atomic mass is 32.2. The van der Waals surface area contributed by atoms with Gasteiger partial charge in [0.2, 0.25) is 0 Å². The van der Waals surface area contributed by atoms with Crippen molar-refractivity contribution >= 4 is 32.3 Å². The minimum absolute atomic E-state index is 0.0510. The monoisotopic (exact) mass is 295 g/mol. The van der Waals surface area contributed by atoms with Crippen LogP contribution in [0.15, 0.2) is 24.4 Å². The number of carbonyl (C=O) groups is 1. The molecule has 1 aromatic heterocycles. The van der Waals surface area contributed by atoms with E-state index >= 15 is 0 Å². The summed E-state index contributed by atoms with van der Waals surface area (Å²) in [5, 5.41) is 3.37. The van der Waals surface area contributed by atoms with E-state index in [2.05, 4.69) is 10.3 Å². The van der Waals surface area contributed by atoms with Crippen molar-refractivity contribution in [1.29, 1.82) is 0 Å². The summed E-state index contributed by atoms with van der Waals surface area (Å²) >= 11 is 0. The number of rotatable bonds is 5. The summed E-state index contributed by atoms with van der Waals surface area (Å²) in [7, 11) is -3.07. The summed E-state index contributed by atoms with van der Waals surface area (Å²) in [6.07, 6.45) is 1.59. The molecule has 0 atom stereocenters. The molecule has 1 heterocycles. The van der Waals surface area contributed by atoms with Gasteiger partial charge in [0.1, 0.15) is 0 Å². The molecule has 0 radical (unpaired) electrons. The lowest BCUT2D eigenvalue weighted by Crippen LogP contribution is -2.29. The number of amides is 1. The number of sulfone groups is 1. The molecule has 7 heteroatoms. The van der Waals surface area contributed by atoms with Crippen LogP contribution in [0.1, 0.15) is 17.3 Å². The third kappa shape index (κ3) is 3.11. The second-order valence-corrected chi connectivity index (χ2v) is 6.97. The number of aromatic nitrogens is 1. The Balaban J connectivity index is 2.09. The van der Waals surface area contributed by atoms with E-state index in [1.54, 1.807) is 31.3 Å². The lowest BCUT2D eigenvalue weighted by molar-refractivity contribution is 0.0958. The first-order valence-corrected chi connectivity index (χ1v) is 8.10. The summed E-state index contributed by atoms with van der Waals surface area (Å²) in [6, 6.07) is 5.22. The van der Waals surface area contributed by atoms with E-state index < -0.39 is 9.84 Å². The Morgan fingerprint density at radius 3 is 2.85 bits per heavy atom. The van der Waals surface area contributed by atoms with E-state index in [1.165, 1.54) is 0 Å². The predicted molar refractivity (Wildman–Crippen MR) is 79.4 cm³/mol. The standard InChI is InChI=1S/C13H17N3O3S/c1-2-20(18,19)6-5-15-13(17)11-8-16-12-7-9(14)3-4-10(11)12/h3-4,7-8,16H,2,5-6,14H2,1H3,(H,15,17). The number of nitrogens with one attached hydrogen (secondary N) is 2. The van der Waals surface area contributed by atoms with Crippen molar-refractivity contribution < 1.29 is 13.2 Å². The molecule has 0 saturated carbocycles. The van der Waals surface area contributed by atoms with Gasteiger partial charge in [0.05, 0.1) is 11.3 Å². The zero-order chi connectivity index (χ0) is 14.8. The molecule has 0 aliphatic rings. The minimum Gasteiger partial charge on any atom is -0.399 e. The summed E-state index contributed by atoms with van der Waals surface area (Å²) in [6.45, 7) is 1.69. The fourth-order valence-electron chi connectivity index (χ4n) is 1.89. The average Bonchev–Trinajstić information content (AvgIpc) is 2.81. The fraction of sp³-hybridized carbons (Fsp3) is 0.308. The number of nitrogen functional groups attached to an aromatic ring is 1. The van der Waals surface area contributed by atoms with Gasteiger partial charge in [-0.3, -0.25) is 4.79 Å². The topological polar surface area (TPSA) is 105 Å². The predicted octanol–water partition coefficient (Wildman–Crippen LogP) is 0.915. The number of fused-ring (bicyclic) bond motifs is 1. The number of hydrogen-bond acceptors (Lipinski definition) is 4. The first-order chi connectivity index (χ1) is 9.43. The van der Waals surface area contributed by atoms with Gasteiger partial charge in [0, 0.05) is 35.1 Å². The fourth-order valence-corrected chi connectivity index (χ4v) is 2.59. The molecule has 0 bridgehead atoms. The minimum atomic E-state index is -3.07. The van der Waals surface area contributed by atoms with Crippen LogP contribution in [0, 0.1) is 0 Å². The molecule has 1 amide bonds. The molecule has 0 aliphatic carbocycles. The van der Waals surface area contributed by atoms with E-state index in [0.717, 1.165) is 10.9 Å². The molecule has 108 valence electrons. The van der Waals surface area contributed by atoms with Crippen LogP contribution < -0.4 is 11.1 Å². The highest BCUT2D eigenvalue weighted by molar-refractivity contribution is 7.91. The van der Waals surface area contributed by atoms with Gasteiger partial charge in [-0.25, -0.2) is 8.42 Å². The molecule has 1 aromatic carbocycles. The summed E-state index contributed by atoms with van der Waals surface area (Å²) < 4.78 is 22.7. The van der Waals surface area contributed by atoms with Gasteiger partial charge in [-0.05, 0) is 18.2 Å². The van der Waals surface area contributed by atoms with Gasteiger partial charge >= 0.3 is 0 Å². The van der Waals surface area contributed by atoms with Gasteiger partial charge in [0.15, 0.2) is 9.84 Å². The molecule has 0 unspecified atom stereocenters. The van der Waals surface area contributed by atoms with Crippen LogP contribution in [0.2, 0.25) is 0 Å². The molecular formula is C13H17N3O3S. The van der Waals surface area contributed by atoms with Crippen LogP contribution in [0.25, 0.3) is 10.9 Å². The lowest BCUT2D eigenvalue weighted by atomic mass is 10.1. The normalized spacial score (nSPS) is 11.7. The number of hydrogen-bond donors (Lipinski definition) is 3. The van der Waals surface area contributed by atoms with Crippen molar-refractivity contribution in [1.82, 2.24) is 10.3 Å². The second kappa shape index (κ2) is 5.54. The molecule has 6 nitrogen and oxygen atoms in total. The van der Waals surface area contributed by atoms with Gasteiger partial charge in [-0.15, -0.1) is 0 Å². The Bertz CT molecular complexity index is 734. The van der Waals surface area contributed by atoms with Crippen LogP contribution >= 0.6 is 0 Å². The maximum atomic E-state index is 12.0. The third-order valence-electron chi connectivity index (χ3n) is 3.09. The Hall–Kier alpha value is -2.02. The van der Waals surface area contributed by atoms with E-state index in [9.17, 15) is 13.2 Å². The maximum absolute atomic E-state index is 12.0. The highest BCUT2D eigenvalue weighted by Gasteiger charge is 2.13. The lowest BCUT2D eigenvalue weighted by Gasteiger charge is -2.04. The van der Waals surface area contributed by atoms with Crippen molar-refractivity contribution in [2.75, 3.05) is 23.8 Å². The molecule has 0 saturated heterocycles. The quantitative estimate of drug-likeness (QED) is 0.713. The van der Waals surface area contributed by atoms with Crippen LogP contribution in [-0.2, 0) is 9.84 Å². The van der Waals surface area contributed by atoms with Gasteiger partial charge < -0.3 is 16.0 Å². The van der Waals surface area contributed by atoms with Crippen LogP contribution in [-0.4, -0.2) is 37.4 Å². The van der Waals surface area contributed by atoms with Gasteiger partial charge in [0.25, 0.3) is 5.91 Å². The molecule has 2 aromatic rings. The van der Waals surface area contributed by atoms with E-state index in [-0.39, 0.29) is 24.0 Å². The zero-order valence-corrected chi connectivity index (χ0v) is 12.0. The van der Waals surface area contributed by atoms with Gasteiger partial charge in [-0.2, -0.15) is 0 Å². The third-order valence-corrected chi connectivity index (χ3v) is 4.79. The van der Waals surface area contributed by atoms with Crippen molar-refractivity contribution in [3.05, 3.63) is 30.0 Å². The SMILES string of the molecule is CCS(=O)(=O)CCNC(=O)c1c[nH]c2cc(N)ccc12. The first kappa shape index (κ1) is 14.4. The van der Waals surface area contributed by atoms with E-state index in [4.69, 9.17) is 5.73 Å². The Kier molecular flexibility index (Phi) is 3.99. The molecule has 0 fully saturated rings. The number of benzene rings is 1. The average molecular weight is 295 g/mol. The Morgan fingerprint density at radius 2 is 2.15 bits per heavy atom. The molecule has 4 N–H and O–H groups in total. The Morgan fingerprint density at radius 1 is 1.40 bits per heavy atom. The number of anilines is 1. The zero-order valence-electron chi connectivity index (χ0n) is 11.1. The largest absolute Gasteiger partial charge is 0.399 e. The van der Waals surface area contributed by atoms with Crippen molar-refractivity contribution in [3.63, 3.8) is 0 Å². The van der Waals surface area contributed by atoms with Crippen LogP contribution in [0.4, 0.5) is 5.69 Å². The molecule has 2 rings (SSSR count). The number of H-pyrrole nitrogens is 1. The van der Waals surface area contributed by atoms with Gasteiger partial charge in [-0.1, -0.05) is 6.92 Å². The summed E-state index contributed by atoms with van der Waals surface area (Å²) in [4.78, 5) is 15.0. The van der Waals surface area contributed by atoms with Crippen molar-refractivity contribution in [2.45, 2.75) is 6.92 Å². The molecule has 0 spiro atoms. The smallest absolute Gasteiger partial charge is 0.253 e.